The Labute approximate surface area is 156 Å². The molecule has 25 heavy (non-hydrogen) atoms. The maximum absolute atomic E-state index is 12.0. The summed E-state index contributed by atoms with van der Waals surface area (Å²) in [5.41, 5.74) is 2.46. The molecule has 0 saturated heterocycles. The van der Waals surface area contributed by atoms with Gasteiger partial charge in [0.05, 0.1) is 17.7 Å². The van der Waals surface area contributed by atoms with Gasteiger partial charge in [-0.1, -0.05) is 13.0 Å². The Morgan fingerprint density at radius 3 is 2.72 bits per heavy atom. The van der Waals surface area contributed by atoms with Crippen LogP contribution in [-0.2, 0) is 0 Å². The van der Waals surface area contributed by atoms with Crippen molar-refractivity contribution >= 4 is 34.5 Å². The smallest absolute Gasteiger partial charge is 0.263 e. The number of guanidine groups is 1. The van der Waals surface area contributed by atoms with Gasteiger partial charge in [0.15, 0.2) is 5.96 Å². The van der Waals surface area contributed by atoms with Gasteiger partial charge in [0.25, 0.3) is 5.91 Å². The van der Waals surface area contributed by atoms with Crippen LogP contribution in [-0.4, -0.2) is 43.0 Å². The van der Waals surface area contributed by atoms with Crippen molar-refractivity contribution in [2.24, 2.45) is 4.99 Å². The molecule has 1 amide bonds. The lowest BCUT2D eigenvalue weighted by atomic mass is 10.1. The SMILES string of the molecule is CCNC(=NCC(C)c1cccs1)NCCNC(=O)c1scnc1C. The minimum atomic E-state index is -0.0740. The molecule has 0 aliphatic carbocycles. The summed E-state index contributed by atoms with van der Waals surface area (Å²) < 4.78 is 0. The topological polar surface area (TPSA) is 78.4 Å². The summed E-state index contributed by atoms with van der Waals surface area (Å²) in [6.07, 6.45) is 0. The van der Waals surface area contributed by atoms with Crippen molar-refractivity contribution < 1.29 is 4.79 Å². The number of rotatable bonds is 8. The Bertz CT molecular complexity index is 681. The van der Waals surface area contributed by atoms with Crippen LogP contribution < -0.4 is 16.0 Å². The largest absolute Gasteiger partial charge is 0.357 e. The number of hydrogen-bond donors (Lipinski definition) is 3. The molecule has 0 fully saturated rings. The molecule has 0 aliphatic rings. The first-order valence-corrected chi connectivity index (χ1v) is 10.1. The average molecular weight is 380 g/mol. The molecule has 2 heterocycles. The number of aromatic nitrogens is 1. The third-order valence-corrected chi connectivity index (χ3v) is 5.58. The molecule has 8 heteroatoms. The van der Waals surface area contributed by atoms with Crippen molar-refractivity contribution in [2.45, 2.75) is 26.7 Å². The summed E-state index contributed by atoms with van der Waals surface area (Å²) >= 11 is 3.12. The average Bonchev–Trinajstić information content (AvgIpc) is 3.27. The lowest BCUT2D eigenvalue weighted by Gasteiger charge is -2.13. The molecule has 0 saturated carbocycles. The van der Waals surface area contributed by atoms with E-state index < -0.39 is 0 Å². The molecule has 0 radical (unpaired) electrons. The highest BCUT2D eigenvalue weighted by atomic mass is 32.1. The van der Waals surface area contributed by atoms with Crippen LogP contribution in [0, 0.1) is 6.92 Å². The van der Waals surface area contributed by atoms with Gasteiger partial charge in [-0.3, -0.25) is 9.79 Å². The highest BCUT2D eigenvalue weighted by molar-refractivity contribution is 7.11. The maximum Gasteiger partial charge on any atom is 0.263 e. The van der Waals surface area contributed by atoms with Gasteiger partial charge in [-0.25, -0.2) is 4.98 Å². The normalized spacial score (nSPS) is 12.7. The Hall–Kier alpha value is -1.93. The molecule has 0 aliphatic heterocycles. The summed E-state index contributed by atoms with van der Waals surface area (Å²) in [7, 11) is 0. The Kier molecular flexibility index (Phi) is 7.87. The fraction of sp³-hybridized carbons (Fsp3) is 0.471. The van der Waals surface area contributed by atoms with Crippen molar-refractivity contribution in [3.63, 3.8) is 0 Å². The number of hydrogen-bond acceptors (Lipinski definition) is 5. The van der Waals surface area contributed by atoms with Crippen LogP contribution in [0.3, 0.4) is 0 Å². The first-order chi connectivity index (χ1) is 12.1. The molecule has 1 unspecified atom stereocenters. The van der Waals surface area contributed by atoms with E-state index in [-0.39, 0.29) is 5.91 Å². The molecule has 136 valence electrons. The van der Waals surface area contributed by atoms with Crippen LogP contribution in [0.5, 0.6) is 0 Å². The molecule has 1 atom stereocenters. The van der Waals surface area contributed by atoms with Crippen LogP contribution in [0.1, 0.15) is 40.0 Å². The van der Waals surface area contributed by atoms with Crippen molar-refractivity contribution in [1.82, 2.24) is 20.9 Å². The van der Waals surface area contributed by atoms with Gasteiger partial charge < -0.3 is 16.0 Å². The van der Waals surface area contributed by atoms with Crippen molar-refractivity contribution in [3.8, 4) is 0 Å². The Morgan fingerprint density at radius 1 is 1.28 bits per heavy atom. The van der Waals surface area contributed by atoms with Gasteiger partial charge in [-0.15, -0.1) is 22.7 Å². The van der Waals surface area contributed by atoms with Gasteiger partial charge in [0, 0.05) is 30.4 Å². The highest BCUT2D eigenvalue weighted by Gasteiger charge is 2.11. The summed E-state index contributed by atoms with van der Waals surface area (Å²) in [5, 5.41) is 11.5. The van der Waals surface area contributed by atoms with Gasteiger partial charge in [-0.05, 0) is 25.3 Å². The van der Waals surface area contributed by atoms with Crippen molar-refractivity contribution in [3.05, 3.63) is 38.5 Å². The fourth-order valence-corrected chi connectivity index (χ4v) is 3.69. The number of thiazole rings is 1. The van der Waals surface area contributed by atoms with Crippen molar-refractivity contribution in [2.75, 3.05) is 26.2 Å². The standard InChI is InChI=1S/C17H25N5OS2/c1-4-18-17(21-10-12(2)14-6-5-9-24-14)20-8-7-19-16(23)15-13(3)22-11-25-15/h5-6,9,11-12H,4,7-8,10H2,1-3H3,(H,19,23)(H2,18,20,21). The zero-order valence-corrected chi connectivity index (χ0v) is 16.5. The predicted molar refractivity (Wildman–Crippen MR) is 106 cm³/mol. The number of carbonyl (C=O) groups excluding carboxylic acids is 1. The minimum absolute atomic E-state index is 0.0740. The number of nitrogens with zero attached hydrogens (tertiary/aromatic N) is 2. The first kappa shape index (κ1) is 19.4. The van der Waals surface area contributed by atoms with E-state index in [2.05, 4.69) is 50.4 Å². The summed E-state index contributed by atoms with van der Waals surface area (Å²) in [6, 6.07) is 4.21. The molecule has 0 aromatic carbocycles. The second-order valence-electron chi connectivity index (χ2n) is 5.59. The molecule has 2 aromatic rings. The van der Waals surface area contributed by atoms with E-state index in [1.165, 1.54) is 16.2 Å². The molecule has 2 rings (SSSR count). The minimum Gasteiger partial charge on any atom is -0.357 e. The molecule has 3 N–H and O–H groups in total. The Morgan fingerprint density at radius 2 is 2.08 bits per heavy atom. The van der Waals surface area contributed by atoms with Gasteiger partial charge in [0.1, 0.15) is 4.88 Å². The molecule has 0 bridgehead atoms. The van der Waals surface area contributed by atoms with Gasteiger partial charge in [-0.2, -0.15) is 0 Å². The van der Waals surface area contributed by atoms with E-state index in [0.29, 0.717) is 23.9 Å². The van der Waals surface area contributed by atoms with Crippen LogP contribution in [0.2, 0.25) is 0 Å². The van der Waals surface area contributed by atoms with Crippen LogP contribution in [0.15, 0.2) is 28.0 Å². The van der Waals surface area contributed by atoms with E-state index in [9.17, 15) is 4.79 Å². The van der Waals surface area contributed by atoms with Gasteiger partial charge in [0.2, 0.25) is 0 Å². The van der Waals surface area contributed by atoms with E-state index in [1.54, 1.807) is 16.8 Å². The van der Waals surface area contributed by atoms with E-state index >= 15 is 0 Å². The van der Waals surface area contributed by atoms with E-state index in [4.69, 9.17) is 0 Å². The summed E-state index contributed by atoms with van der Waals surface area (Å²) in [4.78, 5) is 22.8. The number of nitrogens with one attached hydrogen (secondary N) is 3. The second-order valence-corrected chi connectivity index (χ2v) is 7.42. The maximum atomic E-state index is 12.0. The number of aryl methyl sites for hydroxylation is 1. The summed E-state index contributed by atoms with van der Waals surface area (Å²) in [5.74, 6) is 1.09. The quantitative estimate of drug-likeness (QED) is 0.374. The van der Waals surface area contributed by atoms with E-state index in [0.717, 1.165) is 24.7 Å². The lowest BCUT2D eigenvalue weighted by molar-refractivity contribution is 0.0957. The lowest BCUT2D eigenvalue weighted by Crippen LogP contribution is -2.41. The number of thiophene rings is 1. The molecule has 2 aromatic heterocycles. The molecular formula is C17H25N5OS2. The number of amides is 1. The number of aliphatic imine (C=N–C) groups is 1. The van der Waals surface area contributed by atoms with Crippen LogP contribution >= 0.6 is 22.7 Å². The molecule has 0 spiro atoms. The Balaban J connectivity index is 1.76. The predicted octanol–water partition coefficient (Wildman–Crippen LogP) is 2.60. The zero-order valence-electron chi connectivity index (χ0n) is 14.8. The van der Waals surface area contributed by atoms with Gasteiger partial charge >= 0.3 is 0 Å². The monoisotopic (exact) mass is 379 g/mol. The third-order valence-electron chi connectivity index (χ3n) is 3.55. The van der Waals surface area contributed by atoms with E-state index in [1.807, 2.05) is 13.8 Å². The summed E-state index contributed by atoms with van der Waals surface area (Å²) in [6.45, 7) is 8.72. The fourth-order valence-electron chi connectivity index (χ4n) is 2.19. The van der Waals surface area contributed by atoms with Crippen LogP contribution in [0.25, 0.3) is 0 Å². The van der Waals surface area contributed by atoms with Crippen molar-refractivity contribution in [1.29, 1.82) is 0 Å². The molecular weight excluding hydrogens is 354 g/mol. The third kappa shape index (κ3) is 6.13. The second kappa shape index (κ2) is 10.1. The zero-order chi connectivity index (χ0) is 18.1. The van der Waals surface area contributed by atoms with Crippen LogP contribution in [0.4, 0.5) is 0 Å². The highest BCUT2D eigenvalue weighted by Crippen LogP contribution is 2.20. The first-order valence-electron chi connectivity index (χ1n) is 8.35. The molecule has 6 nitrogen and oxygen atoms in total. The number of carbonyl (C=O) groups is 1.